The Kier molecular flexibility index (Phi) is 5.31. The van der Waals surface area contributed by atoms with Gasteiger partial charge in [-0.2, -0.15) is 5.10 Å². The zero-order valence-electron chi connectivity index (χ0n) is 14.7. The molecular weight excluding hydrogens is 305 g/mol. The molecule has 130 valence electrons. The van der Waals surface area contributed by atoms with Gasteiger partial charge < -0.3 is 4.74 Å². The summed E-state index contributed by atoms with van der Waals surface area (Å²) in [6, 6.07) is 6.84. The Hall–Kier alpha value is -1.72. The number of nitrogens with zero attached hydrogens (tertiary/aromatic N) is 3. The lowest BCUT2D eigenvalue weighted by Gasteiger charge is -2.38. The number of piperidine rings is 1. The molecule has 3 rings (SSSR count). The smallest absolute Gasteiger partial charge is 0.123 e. The van der Waals surface area contributed by atoms with Crippen molar-refractivity contribution in [3.63, 3.8) is 0 Å². The number of aryl methyl sites for hydroxylation is 1. The highest BCUT2D eigenvalue weighted by atomic mass is 19.1. The van der Waals surface area contributed by atoms with Crippen molar-refractivity contribution in [2.24, 2.45) is 13.0 Å². The van der Waals surface area contributed by atoms with Gasteiger partial charge in [-0.05, 0) is 37.5 Å². The van der Waals surface area contributed by atoms with E-state index in [9.17, 15) is 4.39 Å². The van der Waals surface area contributed by atoms with Crippen molar-refractivity contribution in [2.45, 2.75) is 32.4 Å². The highest BCUT2D eigenvalue weighted by Gasteiger charge is 2.29. The molecule has 4 nitrogen and oxygen atoms in total. The van der Waals surface area contributed by atoms with Crippen LogP contribution in [0.15, 0.2) is 30.5 Å². The Morgan fingerprint density at radius 2 is 2.04 bits per heavy atom. The molecule has 5 heteroatoms. The third kappa shape index (κ3) is 3.84. The van der Waals surface area contributed by atoms with E-state index in [1.54, 1.807) is 7.11 Å². The summed E-state index contributed by atoms with van der Waals surface area (Å²) in [5.41, 5.74) is 3.68. The van der Waals surface area contributed by atoms with Gasteiger partial charge in [0, 0.05) is 51.0 Å². The standard InChI is InChI=1S/C19H26FN3O/c1-14-17(11-21-22(14)2)13-23-9-8-19(24-3)16(12-23)10-15-4-6-18(20)7-5-15/h4-7,11,16,19H,8-10,12-13H2,1-3H3/t16-,19-/m1/s1. The van der Waals surface area contributed by atoms with Crippen LogP contribution in [0.25, 0.3) is 0 Å². The Morgan fingerprint density at radius 3 is 2.67 bits per heavy atom. The monoisotopic (exact) mass is 331 g/mol. The fourth-order valence-corrected chi connectivity index (χ4v) is 3.60. The van der Waals surface area contributed by atoms with Crippen LogP contribution >= 0.6 is 0 Å². The quantitative estimate of drug-likeness (QED) is 0.844. The number of hydrogen-bond acceptors (Lipinski definition) is 3. The Balaban J connectivity index is 1.67. The van der Waals surface area contributed by atoms with Crippen molar-refractivity contribution < 1.29 is 9.13 Å². The molecule has 1 saturated heterocycles. The van der Waals surface area contributed by atoms with Crippen molar-refractivity contribution in [3.8, 4) is 0 Å². The second kappa shape index (κ2) is 7.45. The molecule has 1 aliphatic heterocycles. The van der Waals surface area contributed by atoms with E-state index in [-0.39, 0.29) is 11.9 Å². The Labute approximate surface area is 143 Å². The highest BCUT2D eigenvalue weighted by Crippen LogP contribution is 2.25. The minimum Gasteiger partial charge on any atom is -0.381 e. The number of ether oxygens (including phenoxy) is 1. The lowest BCUT2D eigenvalue weighted by Crippen LogP contribution is -2.44. The number of aromatic nitrogens is 2. The van der Waals surface area contributed by atoms with Crippen LogP contribution in [0.4, 0.5) is 4.39 Å². The van der Waals surface area contributed by atoms with Gasteiger partial charge in [0.05, 0.1) is 12.3 Å². The van der Waals surface area contributed by atoms with E-state index in [0.717, 1.165) is 32.5 Å². The van der Waals surface area contributed by atoms with Gasteiger partial charge in [0.25, 0.3) is 0 Å². The predicted octanol–water partition coefficient (Wildman–Crippen LogP) is 2.95. The number of hydrogen-bond donors (Lipinski definition) is 0. The maximum atomic E-state index is 13.1. The van der Waals surface area contributed by atoms with Crippen LogP contribution in [0.1, 0.15) is 23.2 Å². The average molecular weight is 331 g/mol. The summed E-state index contributed by atoms with van der Waals surface area (Å²) >= 11 is 0. The molecule has 0 unspecified atom stereocenters. The van der Waals surface area contributed by atoms with Crippen molar-refractivity contribution in [3.05, 3.63) is 53.1 Å². The van der Waals surface area contributed by atoms with Crippen LogP contribution in [-0.2, 0) is 24.8 Å². The van der Waals surface area contributed by atoms with E-state index in [2.05, 4.69) is 16.9 Å². The van der Waals surface area contributed by atoms with E-state index in [0.29, 0.717) is 5.92 Å². The lowest BCUT2D eigenvalue weighted by atomic mass is 9.88. The van der Waals surface area contributed by atoms with Crippen LogP contribution in [0.2, 0.25) is 0 Å². The Morgan fingerprint density at radius 1 is 1.29 bits per heavy atom. The van der Waals surface area contributed by atoms with Crippen LogP contribution < -0.4 is 0 Å². The maximum Gasteiger partial charge on any atom is 0.123 e. The molecule has 1 aliphatic rings. The van der Waals surface area contributed by atoms with Crippen LogP contribution in [0.3, 0.4) is 0 Å². The molecule has 2 heterocycles. The molecule has 0 aliphatic carbocycles. The second-order valence-corrected chi connectivity index (χ2v) is 6.77. The summed E-state index contributed by atoms with van der Waals surface area (Å²) in [4.78, 5) is 2.48. The van der Waals surface area contributed by atoms with Gasteiger partial charge in [0.2, 0.25) is 0 Å². The molecule has 0 saturated carbocycles. The van der Waals surface area contributed by atoms with Crippen molar-refractivity contribution >= 4 is 0 Å². The maximum absolute atomic E-state index is 13.1. The van der Waals surface area contributed by atoms with Gasteiger partial charge in [-0.3, -0.25) is 9.58 Å². The summed E-state index contributed by atoms with van der Waals surface area (Å²) in [7, 11) is 3.77. The highest BCUT2D eigenvalue weighted by molar-refractivity contribution is 5.18. The number of likely N-dealkylation sites (tertiary alicyclic amines) is 1. The fraction of sp³-hybridized carbons (Fsp3) is 0.526. The summed E-state index contributed by atoms with van der Waals surface area (Å²) in [6.45, 7) is 5.06. The lowest BCUT2D eigenvalue weighted by molar-refractivity contribution is -0.00853. The molecule has 0 bridgehead atoms. The summed E-state index contributed by atoms with van der Waals surface area (Å²) in [5.74, 6) is 0.241. The molecule has 24 heavy (non-hydrogen) atoms. The van der Waals surface area contributed by atoms with Crippen LogP contribution in [-0.4, -0.2) is 41.0 Å². The molecule has 0 radical (unpaired) electrons. The number of methoxy groups -OCH3 is 1. The van der Waals surface area contributed by atoms with Crippen molar-refractivity contribution in [1.82, 2.24) is 14.7 Å². The minimum absolute atomic E-state index is 0.181. The first kappa shape index (κ1) is 17.1. The fourth-order valence-electron chi connectivity index (χ4n) is 3.60. The Bertz CT molecular complexity index is 668. The number of rotatable bonds is 5. The van der Waals surface area contributed by atoms with E-state index >= 15 is 0 Å². The topological polar surface area (TPSA) is 30.3 Å². The summed E-state index contributed by atoms with van der Waals surface area (Å²) in [5, 5.41) is 4.34. The van der Waals surface area contributed by atoms with E-state index in [1.807, 2.05) is 30.1 Å². The van der Waals surface area contributed by atoms with Crippen molar-refractivity contribution in [2.75, 3.05) is 20.2 Å². The van der Waals surface area contributed by atoms with Crippen molar-refractivity contribution in [1.29, 1.82) is 0 Å². The minimum atomic E-state index is -0.181. The van der Waals surface area contributed by atoms with E-state index in [1.165, 1.54) is 29.0 Å². The molecule has 1 aromatic carbocycles. The zero-order chi connectivity index (χ0) is 17.1. The second-order valence-electron chi connectivity index (χ2n) is 6.77. The molecule has 2 aromatic rings. The molecule has 1 fully saturated rings. The van der Waals surface area contributed by atoms with E-state index < -0.39 is 0 Å². The summed E-state index contributed by atoms with van der Waals surface area (Å²) in [6.07, 6.45) is 4.18. The van der Waals surface area contributed by atoms with Gasteiger partial charge in [0.15, 0.2) is 0 Å². The number of halogens is 1. The SMILES string of the molecule is CO[C@@H]1CCN(Cc2cnn(C)c2C)C[C@H]1Cc1ccc(F)cc1. The van der Waals surface area contributed by atoms with Gasteiger partial charge in [-0.25, -0.2) is 4.39 Å². The first-order valence-corrected chi connectivity index (χ1v) is 8.54. The molecule has 0 N–H and O–H groups in total. The zero-order valence-corrected chi connectivity index (χ0v) is 14.7. The average Bonchev–Trinajstić information content (AvgIpc) is 2.89. The molecule has 0 spiro atoms. The van der Waals surface area contributed by atoms with Gasteiger partial charge >= 0.3 is 0 Å². The largest absolute Gasteiger partial charge is 0.381 e. The third-order valence-electron chi connectivity index (χ3n) is 5.19. The van der Waals surface area contributed by atoms with Gasteiger partial charge in [0.1, 0.15) is 5.82 Å². The number of benzene rings is 1. The van der Waals surface area contributed by atoms with E-state index in [4.69, 9.17) is 4.74 Å². The first-order chi connectivity index (χ1) is 11.6. The molecule has 2 atom stereocenters. The third-order valence-corrected chi connectivity index (χ3v) is 5.19. The first-order valence-electron chi connectivity index (χ1n) is 8.54. The molecular formula is C19H26FN3O. The van der Waals surface area contributed by atoms with Crippen LogP contribution in [0, 0.1) is 18.7 Å². The van der Waals surface area contributed by atoms with Gasteiger partial charge in [-0.15, -0.1) is 0 Å². The molecule has 1 aromatic heterocycles. The summed E-state index contributed by atoms with van der Waals surface area (Å²) < 4.78 is 20.7. The predicted molar refractivity (Wildman–Crippen MR) is 92.2 cm³/mol. The van der Waals surface area contributed by atoms with Crippen LogP contribution in [0.5, 0.6) is 0 Å². The molecule has 0 amide bonds. The normalized spacial score (nSPS) is 22.0. The van der Waals surface area contributed by atoms with Gasteiger partial charge in [-0.1, -0.05) is 12.1 Å².